The monoisotopic (exact) mass is 207 g/mol. The molecule has 15 heavy (non-hydrogen) atoms. The zero-order chi connectivity index (χ0) is 10.7. The van der Waals surface area contributed by atoms with Crippen molar-refractivity contribution >= 4 is 0 Å². The van der Waals surface area contributed by atoms with E-state index in [0.29, 0.717) is 12.7 Å². The highest BCUT2D eigenvalue weighted by Crippen LogP contribution is 2.14. The fourth-order valence-corrected chi connectivity index (χ4v) is 1.68. The first kappa shape index (κ1) is 10.5. The first-order chi connectivity index (χ1) is 7.28. The molecule has 3 nitrogen and oxygen atoms in total. The van der Waals surface area contributed by atoms with Gasteiger partial charge < -0.3 is 14.4 Å². The Hall–Kier alpha value is -1.06. The molecule has 2 rings (SSSR count). The Labute approximate surface area is 90.6 Å². The molecular formula is C12H17NO2. The Morgan fingerprint density at radius 2 is 1.93 bits per heavy atom. The predicted molar refractivity (Wildman–Crippen MR) is 59.1 cm³/mol. The molecule has 0 saturated carbocycles. The van der Waals surface area contributed by atoms with Crippen LogP contribution in [0.5, 0.6) is 5.75 Å². The molecule has 0 N–H and O–H groups in total. The van der Waals surface area contributed by atoms with Gasteiger partial charge in [-0.25, -0.2) is 0 Å². The van der Waals surface area contributed by atoms with Crippen molar-refractivity contribution in [3.63, 3.8) is 0 Å². The van der Waals surface area contributed by atoms with E-state index in [0.717, 1.165) is 18.8 Å². The SMILES string of the molecule is COc1ccc(COC2CN(C)C2)cc1. The van der Waals surface area contributed by atoms with E-state index in [2.05, 4.69) is 11.9 Å². The van der Waals surface area contributed by atoms with Crippen LogP contribution in [0.1, 0.15) is 5.56 Å². The van der Waals surface area contributed by atoms with Crippen molar-refractivity contribution in [1.82, 2.24) is 4.90 Å². The van der Waals surface area contributed by atoms with Crippen LogP contribution in [0.4, 0.5) is 0 Å². The summed E-state index contributed by atoms with van der Waals surface area (Å²) in [6.07, 6.45) is 0.414. The summed E-state index contributed by atoms with van der Waals surface area (Å²) in [7, 11) is 3.78. The van der Waals surface area contributed by atoms with Crippen molar-refractivity contribution in [3.05, 3.63) is 29.8 Å². The van der Waals surface area contributed by atoms with E-state index in [4.69, 9.17) is 9.47 Å². The molecule has 3 heteroatoms. The lowest BCUT2D eigenvalue weighted by Gasteiger charge is -2.35. The molecule has 0 spiro atoms. The third kappa shape index (κ3) is 2.70. The minimum absolute atomic E-state index is 0.414. The summed E-state index contributed by atoms with van der Waals surface area (Å²) in [4.78, 5) is 2.25. The van der Waals surface area contributed by atoms with E-state index in [-0.39, 0.29) is 0 Å². The van der Waals surface area contributed by atoms with Crippen molar-refractivity contribution < 1.29 is 9.47 Å². The average molecular weight is 207 g/mol. The molecule has 1 heterocycles. The van der Waals surface area contributed by atoms with Gasteiger partial charge in [-0.3, -0.25) is 0 Å². The number of rotatable bonds is 4. The Morgan fingerprint density at radius 3 is 2.47 bits per heavy atom. The number of benzene rings is 1. The summed E-state index contributed by atoms with van der Waals surface area (Å²) in [5.74, 6) is 0.891. The lowest BCUT2D eigenvalue weighted by atomic mass is 10.2. The molecular weight excluding hydrogens is 190 g/mol. The van der Waals surface area contributed by atoms with E-state index in [1.165, 1.54) is 5.56 Å². The zero-order valence-corrected chi connectivity index (χ0v) is 9.27. The molecule has 82 valence electrons. The topological polar surface area (TPSA) is 21.7 Å². The highest BCUT2D eigenvalue weighted by Gasteiger charge is 2.23. The molecule has 0 unspecified atom stereocenters. The summed E-state index contributed by atoms with van der Waals surface area (Å²) >= 11 is 0. The average Bonchev–Trinajstić information content (AvgIpc) is 2.23. The Kier molecular flexibility index (Phi) is 3.23. The van der Waals surface area contributed by atoms with E-state index in [1.807, 2.05) is 24.3 Å². The smallest absolute Gasteiger partial charge is 0.118 e. The lowest BCUT2D eigenvalue weighted by molar-refractivity contribution is -0.0518. The van der Waals surface area contributed by atoms with Gasteiger partial charge in [0, 0.05) is 13.1 Å². The van der Waals surface area contributed by atoms with Crippen LogP contribution >= 0.6 is 0 Å². The van der Waals surface area contributed by atoms with Gasteiger partial charge in [-0.1, -0.05) is 12.1 Å². The lowest BCUT2D eigenvalue weighted by Crippen LogP contribution is -2.49. The number of hydrogen-bond acceptors (Lipinski definition) is 3. The van der Waals surface area contributed by atoms with E-state index in [1.54, 1.807) is 7.11 Å². The molecule has 0 aromatic heterocycles. The van der Waals surface area contributed by atoms with E-state index >= 15 is 0 Å². The summed E-state index contributed by atoms with van der Waals surface area (Å²) < 4.78 is 10.8. The maximum atomic E-state index is 5.73. The molecule has 0 radical (unpaired) electrons. The van der Waals surface area contributed by atoms with Gasteiger partial charge in [-0.2, -0.15) is 0 Å². The molecule has 0 atom stereocenters. The van der Waals surface area contributed by atoms with Gasteiger partial charge >= 0.3 is 0 Å². The first-order valence-electron chi connectivity index (χ1n) is 5.21. The Bertz CT molecular complexity index is 304. The molecule has 1 aliphatic heterocycles. The van der Waals surface area contributed by atoms with Crippen molar-refractivity contribution in [2.75, 3.05) is 27.2 Å². The van der Waals surface area contributed by atoms with Gasteiger partial charge in [0.1, 0.15) is 5.75 Å². The summed E-state index contributed by atoms with van der Waals surface area (Å²) in [6.45, 7) is 2.80. The second-order valence-electron chi connectivity index (χ2n) is 4.00. The van der Waals surface area contributed by atoms with E-state index < -0.39 is 0 Å². The molecule has 1 fully saturated rings. The van der Waals surface area contributed by atoms with E-state index in [9.17, 15) is 0 Å². The normalized spacial score (nSPS) is 17.5. The molecule has 0 bridgehead atoms. The van der Waals surface area contributed by atoms with Gasteiger partial charge in [0.05, 0.1) is 19.8 Å². The van der Waals surface area contributed by atoms with Gasteiger partial charge in [-0.15, -0.1) is 0 Å². The van der Waals surface area contributed by atoms with Crippen molar-refractivity contribution in [2.45, 2.75) is 12.7 Å². The van der Waals surface area contributed by atoms with Crippen LogP contribution in [0, 0.1) is 0 Å². The highest BCUT2D eigenvalue weighted by atomic mass is 16.5. The fraction of sp³-hybridized carbons (Fsp3) is 0.500. The zero-order valence-electron chi connectivity index (χ0n) is 9.27. The Balaban J connectivity index is 1.78. The summed E-state index contributed by atoms with van der Waals surface area (Å²) in [6, 6.07) is 8.01. The predicted octanol–water partition coefficient (Wildman–Crippen LogP) is 1.53. The Morgan fingerprint density at radius 1 is 1.27 bits per heavy atom. The first-order valence-corrected chi connectivity index (χ1v) is 5.21. The number of nitrogens with zero attached hydrogens (tertiary/aromatic N) is 1. The van der Waals surface area contributed by atoms with Crippen LogP contribution < -0.4 is 4.74 Å². The van der Waals surface area contributed by atoms with Crippen LogP contribution in [0.25, 0.3) is 0 Å². The number of likely N-dealkylation sites (tertiary alicyclic amines) is 1. The third-order valence-electron chi connectivity index (χ3n) is 2.68. The molecule has 0 amide bonds. The second-order valence-corrected chi connectivity index (χ2v) is 4.00. The van der Waals surface area contributed by atoms with Crippen LogP contribution in [0.15, 0.2) is 24.3 Å². The van der Waals surface area contributed by atoms with Crippen LogP contribution in [-0.4, -0.2) is 38.3 Å². The molecule has 1 aliphatic rings. The maximum absolute atomic E-state index is 5.73. The minimum Gasteiger partial charge on any atom is -0.497 e. The van der Waals surface area contributed by atoms with Gasteiger partial charge in [0.15, 0.2) is 0 Å². The van der Waals surface area contributed by atoms with Crippen molar-refractivity contribution in [3.8, 4) is 5.75 Å². The van der Waals surface area contributed by atoms with Crippen molar-refractivity contribution in [1.29, 1.82) is 0 Å². The fourth-order valence-electron chi connectivity index (χ4n) is 1.68. The maximum Gasteiger partial charge on any atom is 0.118 e. The van der Waals surface area contributed by atoms with Crippen LogP contribution in [-0.2, 0) is 11.3 Å². The van der Waals surface area contributed by atoms with Gasteiger partial charge in [0.2, 0.25) is 0 Å². The van der Waals surface area contributed by atoms with Crippen LogP contribution in [0.3, 0.4) is 0 Å². The van der Waals surface area contributed by atoms with Crippen LogP contribution in [0.2, 0.25) is 0 Å². The minimum atomic E-state index is 0.414. The second kappa shape index (κ2) is 4.64. The highest BCUT2D eigenvalue weighted by molar-refractivity contribution is 5.26. The molecule has 1 saturated heterocycles. The number of hydrogen-bond donors (Lipinski definition) is 0. The number of ether oxygens (including phenoxy) is 2. The quantitative estimate of drug-likeness (QED) is 0.747. The summed E-state index contributed by atoms with van der Waals surface area (Å²) in [5.41, 5.74) is 1.20. The van der Waals surface area contributed by atoms with Crippen molar-refractivity contribution in [2.24, 2.45) is 0 Å². The number of likely N-dealkylation sites (N-methyl/N-ethyl adjacent to an activating group) is 1. The van der Waals surface area contributed by atoms with Gasteiger partial charge in [-0.05, 0) is 24.7 Å². The molecule has 1 aromatic rings. The third-order valence-corrected chi connectivity index (χ3v) is 2.68. The standard InChI is InChI=1S/C12H17NO2/c1-13-7-12(8-13)15-9-10-3-5-11(14-2)6-4-10/h3-6,12H,7-9H2,1-2H3. The summed E-state index contributed by atoms with van der Waals surface area (Å²) in [5, 5.41) is 0. The number of methoxy groups -OCH3 is 1. The molecule has 1 aromatic carbocycles. The molecule has 0 aliphatic carbocycles. The largest absolute Gasteiger partial charge is 0.497 e. The van der Waals surface area contributed by atoms with Gasteiger partial charge in [0.25, 0.3) is 0 Å².